The van der Waals surface area contributed by atoms with E-state index >= 15 is 0 Å². The van der Waals surface area contributed by atoms with Gasteiger partial charge in [0.25, 0.3) is 0 Å². The highest BCUT2D eigenvalue weighted by atomic mass is 16.5. The molecule has 0 radical (unpaired) electrons. The number of benzene rings is 2. The van der Waals surface area contributed by atoms with Crippen LogP contribution in [-0.2, 0) is 9.59 Å². The molecule has 1 aliphatic heterocycles. The minimum Gasteiger partial charge on any atom is -0.508 e. The van der Waals surface area contributed by atoms with Gasteiger partial charge in [-0.1, -0.05) is 13.8 Å². The maximum Gasteiger partial charge on any atom is 0.240 e. The molecule has 1 heterocycles. The Morgan fingerprint density at radius 3 is 2.26 bits per heavy atom. The minimum absolute atomic E-state index is 0.0298. The molecule has 0 fully saturated rings. The molecule has 1 atom stereocenters. The van der Waals surface area contributed by atoms with Crippen LogP contribution in [0.25, 0.3) is 0 Å². The quantitative estimate of drug-likeness (QED) is 0.534. The summed E-state index contributed by atoms with van der Waals surface area (Å²) in [4.78, 5) is 25.2. The molecule has 2 aromatic carbocycles. The van der Waals surface area contributed by atoms with Crippen LogP contribution in [0.3, 0.4) is 0 Å². The molecular formula is C26H33N3O6. The van der Waals surface area contributed by atoms with Crippen LogP contribution in [0.1, 0.15) is 62.3 Å². The van der Waals surface area contributed by atoms with Gasteiger partial charge in [-0.15, -0.1) is 0 Å². The third-order valence-corrected chi connectivity index (χ3v) is 6.00. The fourth-order valence-electron chi connectivity index (χ4n) is 4.21. The minimum atomic E-state index is -0.410. The number of nitrogens with one attached hydrogen (secondary N) is 1. The second-order valence-electron chi connectivity index (χ2n) is 8.81. The Morgan fingerprint density at radius 1 is 1.11 bits per heavy atom. The van der Waals surface area contributed by atoms with Gasteiger partial charge in [-0.25, -0.2) is 5.01 Å². The molecular weight excluding hydrogens is 450 g/mol. The summed E-state index contributed by atoms with van der Waals surface area (Å²) in [5.74, 6) is 1.23. The van der Waals surface area contributed by atoms with Crippen molar-refractivity contribution in [3.63, 3.8) is 0 Å². The smallest absolute Gasteiger partial charge is 0.240 e. The molecule has 0 saturated carbocycles. The topological polar surface area (TPSA) is 110 Å². The van der Waals surface area contributed by atoms with E-state index in [1.807, 2.05) is 20.8 Å². The normalized spacial score (nSPS) is 15.1. The van der Waals surface area contributed by atoms with Crippen molar-refractivity contribution in [2.45, 2.75) is 52.5 Å². The summed E-state index contributed by atoms with van der Waals surface area (Å²) in [6.07, 6.45) is 0.416. The summed E-state index contributed by atoms with van der Waals surface area (Å²) in [5, 5.41) is 18.9. The average molecular weight is 484 g/mol. The number of hydrogen-bond donors (Lipinski definition) is 2. The van der Waals surface area contributed by atoms with E-state index in [1.165, 1.54) is 33.3 Å². The van der Waals surface area contributed by atoms with Gasteiger partial charge < -0.3 is 24.6 Å². The van der Waals surface area contributed by atoms with Gasteiger partial charge in [-0.05, 0) is 53.8 Å². The molecule has 35 heavy (non-hydrogen) atoms. The van der Waals surface area contributed by atoms with Crippen molar-refractivity contribution in [2.24, 2.45) is 5.10 Å². The van der Waals surface area contributed by atoms with E-state index in [1.54, 1.807) is 24.3 Å². The number of methoxy groups -OCH3 is 3. The van der Waals surface area contributed by atoms with Gasteiger partial charge in [0.05, 0.1) is 39.5 Å². The number of amides is 2. The Kier molecular flexibility index (Phi) is 7.89. The van der Waals surface area contributed by atoms with Gasteiger partial charge in [0, 0.05) is 19.0 Å². The molecule has 1 unspecified atom stereocenters. The summed E-state index contributed by atoms with van der Waals surface area (Å²) in [6, 6.07) is 6.61. The number of phenols is 1. The highest BCUT2D eigenvalue weighted by molar-refractivity contribution is 6.07. The van der Waals surface area contributed by atoms with Crippen molar-refractivity contribution in [2.75, 3.05) is 26.6 Å². The summed E-state index contributed by atoms with van der Waals surface area (Å²) >= 11 is 0. The predicted molar refractivity (Wildman–Crippen MR) is 134 cm³/mol. The highest BCUT2D eigenvalue weighted by Crippen LogP contribution is 2.43. The Bertz CT molecular complexity index is 1130. The van der Waals surface area contributed by atoms with Crippen LogP contribution in [0.4, 0.5) is 5.69 Å². The van der Waals surface area contributed by atoms with Crippen LogP contribution in [0.5, 0.6) is 23.0 Å². The SMILES string of the molecule is COc1cc(C2CC(CC(=O)Nc3cc(C(C)C)c(O)cc3C)=NN2C(C)=O)cc(OC)c1OC. The third kappa shape index (κ3) is 5.50. The van der Waals surface area contributed by atoms with E-state index in [0.717, 1.165) is 16.7 Å². The van der Waals surface area contributed by atoms with Gasteiger partial charge in [-0.3, -0.25) is 9.59 Å². The Hall–Kier alpha value is -3.75. The second-order valence-corrected chi connectivity index (χ2v) is 8.81. The standard InChI is InChI=1S/C26H33N3O6/c1-14(2)19-13-20(15(3)8-22(19)31)27-25(32)12-18-11-21(29(28-18)16(4)30)17-9-23(33-5)26(35-7)24(10-17)34-6/h8-10,13-14,21,31H,11-12H2,1-7H3,(H,27,32). The Balaban J connectivity index is 1.82. The van der Waals surface area contributed by atoms with Crippen LogP contribution >= 0.6 is 0 Å². The van der Waals surface area contributed by atoms with E-state index < -0.39 is 6.04 Å². The molecule has 1 aliphatic rings. The lowest BCUT2D eigenvalue weighted by Crippen LogP contribution is -2.24. The number of phenolic OH excluding ortho intramolecular Hbond substituents is 1. The lowest BCUT2D eigenvalue weighted by molar-refractivity contribution is -0.130. The van der Waals surface area contributed by atoms with Crippen LogP contribution < -0.4 is 19.5 Å². The van der Waals surface area contributed by atoms with Crippen LogP contribution in [0.15, 0.2) is 29.4 Å². The van der Waals surface area contributed by atoms with Crippen LogP contribution in [0, 0.1) is 6.92 Å². The molecule has 188 valence electrons. The zero-order chi connectivity index (χ0) is 25.9. The number of rotatable bonds is 8. The van der Waals surface area contributed by atoms with Gasteiger partial charge in [-0.2, -0.15) is 5.10 Å². The van der Waals surface area contributed by atoms with E-state index in [4.69, 9.17) is 14.2 Å². The first-order valence-electron chi connectivity index (χ1n) is 11.4. The summed E-state index contributed by atoms with van der Waals surface area (Å²) in [6.45, 7) is 7.21. The number of anilines is 1. The number of carbonyl (C=O) groups is 2. The summed E-state index contributed by atoms with van der Waals surface area (Å²) in [7, 11) is 4.58. The van der Waals surface area contributed by atoms with Crippen molar-refractivity contribution in [3.05, 3.63) is 41.0 Å². The number of hydrogen-bond acceptors (Lipinski definition) is 7. The number of hydrazone groups is 1. The van der Waals surface area contributed by atoms with Gasteiger partial charge in [0.1, 0.15) is 5.75 Å². The molecule has 2 aromatic rings. The molecule has 0 saturated heterocycles. The molecule has 0 spiro atoms. The molecule has 9 heteroatoms. The zero-order valence-electron chi connectivity index (χ0n) is 21.3. The predicted octanol–water partition coefficient (Wildman–Crippen LogP) is 4.53. The number of aromatic hydroxyl groups is 1. The molecule has 0 aliphatic carbocycles. The highest BCUT2D eigenvalue weighted by Gasteiger charge is 2.33. The van der Waals surface area contributed by atoms with Crippen molar-refractivity contribution >= 4 is 23.2 Å². The van der Waals surface area contributed by atoms with E-state index in [2.05, 4.69) is 10.4 Å². The maximum atomic E-state index is 12.9. The average Bonchev–Trinajstić information content (AvgIpc) is 3.23. The molecule has 9 nitrogen and oxygen atoms in total. The summed E-state index contributed by atoms with van der Waals surface area (Å²) in [5.41, 5.74) is 3.49. The fraction of sp³-hybridized carbons (Fsp3) is 0.423. The van der Waals surface area contributed by atoms with Crippen molar-refractivity contribution in [1.29, 1.82) is 0 Å². The van der Waals surface area contributed by atoms with Crippen molar-refractivity contribution in [3.8, 4) is 23.0 Å². The number of aryl methyl sites for hydroxylation is 1. The summed E-state index contributed by atoms with van der Waals surface area (Å²) < 4.78 is 16.3. The first kappa shape index (κ1) is 25.9. The second kappa shape index (κ2) is 10.7. The lowest BCUT2D eigenvalue weighted by atomic mass is 9.98. The lowest BCUT2D eigenvalue weighted by Gasteiger charge is -2.22. The first-order valence-corrected chi connectivity index (χ1v) is 11.4. The van der Waals surface area contributed by atoms with E-state index in [-0.39, 0.29) is 29.9 Å². The molecule has 2 amide bonds. The van der Waals surface area contributed by atoms with Gasteiger partial charge in [0.15, 0.2) is 11.5 Å². The van der Waals surface area contributed by atoms with Crippen LogP contribution in [-0.4, -0.2) is 49.0 Å². The largest absolute Gasteiger partial charge is 0.508 e. The fourth-order valence-corrected chi connectivity index (χ4v) is 4.21. The van der Waals surface area contributed by atoms with Gasteiger partial charge in [0.2, 0.25) is 17.6 Å². The zero-order valence-corrected chi connectivity index (χ0v) is 21.3. The third-order valence-electron chi connectivity index (χ3n) is 6.00. The Labute approximate surface area is 205 Å². The number of ether oxygens (including phenoxy) is 3. The number of carbonyl (C=O) groups excluding carboxylic acids is 2. The Morgan fingerprint density at radius 2 is 1.74 bits per heavy atom. The van der Waals surface area contributed by atoms with Crippen molar-refractivity contribution < 1.29 is 28.9 Å². The molecule has 0 aromatic heterocycles. The maximum absolute atomic E-state index is 12.9. The van der Waals surface area contributed by atoms with E-state index in [0.29, 0.717) is 35.1 Å². The number of nitrogens with zero attached hydrogens (tertiary/aromatic N) is 2. The monoisotopic (exact) mass is 483 g/mol. The molecule has 2 N–H and O–H groups in total. The molecule has 0 bridgehead atoms. The van der Waals surface area contributed by atoms with Crippen molar-refractivity contribution in [1.82, 2.24) is 5.01 Å². The van der Waals surface area contributed by atoms with Crippen LogP contribution in [0.2, 0.25) is 0 Å². The van der Waals surface area contributed by atoms with Gasteiger partial charge >= 0.3 is 0 Å². The molecule has 3 rings (SSSR count). The first-order chi connectivity index (χ1) is 16.6. The van der Waals surface area contributed by atoms with E-state index in [9.17, 15) is 14.7 Å².